The fourth-order valence-corrected chi connectivity index (χ4v) is 4.03. The van der Waals surface area contributed by atoms with Gasteiger partial charge in [0.2, 0.25) is 0 Å². The summed E-state index contributed by atoms with van der Waals surface area (Å²) in [6.45, 7) is 3.16. The van der Waals surface area contributed by atoms with E-state index >= 15 is 0 Å². The highest BCUT2D eigenvalue weighted by molar-refractivity contribution is 5.91. The lowest BCUT2D eigenvalue weighted by Crippen LogP contribution is -2.53. The molecule has 148 valence electrons. The van der Waals surface area contributed by atoms with Gasteiger partial charge in [-0.1, -0.05) is 78.9 Å². The molecule has 4 rings (SSSR count). The zero-order valence-corrected chi connectivity index (χ0v) is 16.8. The maximum absolute atomic E-state index is 12.9. The van der Waals surface area contributed by atoms with Crippen molar-refractivity contribution in [1.82, 2.24) is 9.80 Å². The van der Waals surface area contributed by atoms with Gasteiger partial charge in [-0.25, -0.2) is 4.79 Å². The molecule has 1 saturated heterocycles. The summed E-state index contributed by atoms with van der Waals surface area (Å²) in [6, 6.07) is 31.4. The fourth-order valence-electron chi connectivity index (χ4n) is 4.03. The van der Waals surface area contributed by atoms with Crippen molar-refractivity contribution in [2.75, 3.05) is 38.1 Å². The predicted octanol–water partition coefficient (Wildman–Crippen LogP) is 4.65. The maximum atomic E-state index is 12.9. The molecular formula is C25H27N3O. The Bertz CT molecular complexity index is 867. The van der Waals surface area contributed by atoms with Crippen LogP contribution in [0.2, 0.25) is 0 Å². The van der Waals surface area contributed by atoms with E-state index in [0.29, 0.717) is 0 Å². The molecular weight excluding hydrogens is 358 g/mol. The molecule has 2 amide bonds. The smallest absolute Gasteiger partial charge is 0.322 e. The van der Waals surface area contributed by atoms with Crippen molar-refractivity contribution in [3.63, 3.8) is 0 Å². The molecule has 1 aliphatic heterocycles. The van der Waals surface area contributed by atoms with Gasteiger partial charge >= 0.3 is 6.03 Å². The highest BCUT2D eigenvalue weighted by Crippen LogP contribution is 2.29. The van der Waals surface area contributed by atoms with Crippen molar-refractivity contribution in [3.8, 4) is 0 Å². The Labute approximate surface area is 173 Å². The lowest BCUT2D eigenvalue weighted by molar-refractivity contribution is 0.124. The van der Waals surface area contributed by atoms with Gasteiger partial charge in [-0.15, -0.1) is 0 Å². The van der Waals surface area contributed by atoms with Gasteiger partial charge in [0.25, 0.3) is 0 Å². The monoisotopic (exact) mass is 385 g/mol. The molecule has 4 heteroatoms. The van der Waals surface area contributed by atoms with Gasteiger partial charge in [0.1, 0.15) is 0 Å². The number of piperazine rings is 1. The molecule has 0 aromatic heterocycles. The number of benzene rings is 3. The van der Waals surface area contributed by atoms with E-state index in [2.05, 4.69) is 65.6 Å². The molecule has 0 bridgehead atoms. The third kappa shape index (κ3) is 4.33. The number of amides is 2. The number of nitrogens with zero attached hydrogens (tertiary/aromatic N) is 3. The summed E-state index contributed by atoms with van der Waals surface area (Å²) in [4.78, 5) is 19.1. The van der Waals surface area contributed by atoms with Crippen LogP contribution in [0.3, 0.4) is 0 Å². The van der Waals surface area contributed by atoms with Crippen molar-refractivity contribution >= 4 is 11.7 Å². The van der Waals surface area contributed by atoms with E-state index in [1.54, 1.807) is 4.90 Å². The predicted molar refractivity (Wildman–Crippen MR) is 118 cm³/mol. The SMILES string of the molecule is CN(C(=O)N1CCN(C(c2ccccc2)c2ccccc2)CC1)c1ccccc1. The Hall–Kier alpha value is -3.11. The number of carbonyl (C=O) groups excluding carboxylic acids is 1. The first-order chi connectivity index (χ1) is 14.2. The number of urea groups is 1. The summed E-state index contributed by atoms with van der Waals surface area (Å²) in [5, 5.41) is 0. The lowest BCUT2D eigenvalue weighted by Gasteiger charge is -2.40. The third-order valence-corrected chi connectivity index (χ3v) is 5.61. The Morgan fingerprint density at radius 1 is 0.724 bits per heavy atom. The molecule has 0 radical (unpaired) electrons. The van der Waals surface area contributed by atoms with Crippen LogP contribution in [0.4, 0.5) is 10.5 Å². The van der Waals surface area contributed by atoms with Gasteiger partial charge in [-0.05, 0) is 23.3 Å². The fraction of sp³-hybridized carbons (Fsp3) is 0.240. The minimum absolute atomic E-state index is 0.0619. The van der Waals surface area contributed by atoms with Gasteiger partial charge in [-0.3, -0.25) is 9.80 Å². The Morgan fingerprint density at radius 3 is 1.66 bits per heavy atom. The van der Waals surface area contributed by atoms with Crippen molar-refractivity contribution in [3.05, 3.63) is 102 Å². The van der Waals surface area contributed by atoms with Gasteiger partial charge < -0.3 is 4.90 Å². The van der Waals surface area contributed by atoms with Crippen LogP contribution < -0.4 is 4.90 Å². The molecule has 1 heterocycles. The number of carbonyl (C=O) groups is 1. The van der Waals surface area contributed by atoms with E-state index < -0.39 is 0 Å². The summed E-state index contributed by atoms with van der Waals surface area (Å²) >= 11 is 0. The number of hydrogen-bond acceptors (Lipinski definition) is 2. The van der Waals surface area contributed by atoms with E-state index in [-0.39, 0.29) is 12.1 Å². The summed E-state index contributed by atoms with van der Waals surface area (Å²) < 4.78 is 0. The molecule has 1 aliphatic rings. The molecule has 0 N–H and O–H groups in total. The lowest BCUT2D eigenvalue weighted by atomic mass is 9.96. The van der Waals surface area contributed by atoms with Crippen LogP contribution in [0.5, 0.6) is 0 Å². The average Bonchev–Trinajstić information content (AvgIpc) is 2.81. The van der Waals surface area contributed by atoms with Crippen LogP contribution in [0, 0.1) is 0 Å². The van der Waals surface area contributed by atoms with Crippen molar-refractivity contribution in [2.45, 2.75) is 6.04 Å². The van der Waals surface area contributed by atoms with Crippen molar-refractivity contribution in [1.29, 1.82) is 0 Å². The summed E-state index contributed by atoms with van der Waals surface area (Å²) in [7, 11) is 1.85. The number of para-hydroxylation sites is 1. The van der Waals surface area contributed by atoms with Crippen LogP contribution in [0.25, 0.3) is 0 Å². The van der Waals surface area contributed by atoms with Crippen LogP contribution >= 0.6 is 0 Å². The standard InChI is InChI=1S/C25H27N3O/c1-26(23-15-9-4-10-16-23)25(29)28-19-17-27(18-20-28)24(21-11-5-2-6-12-21)22-13-7-3-8-14-22/h2-16,24H,17-20H2,1H3. The number of rotatable bonds is 4. The van der Waals surface area contributed by atoms with Crippen LogP contribution in [0.15, 0.2) is 91.0 Å². The van der Waals surface area contributed by atoms with E-state index in [4.69, 9.17) is 0 Å². The molecule has 4 nitrogen and oxygen atoms in total. The molecule has 29 heavy (non-hydrogen) atoms. The van der Waals surface area contributed by atoms with Crippen LogP contribution in [0.1, 0.15) is 17.2 Å². The van der Waals surface area contributed by atoms with Gasteiger partial charge in [-0.2, -0.15) is 0 Å². The first-order valence-corrected chi connectivity index (χ1v) is 10.2. The molecule has 1 fully saturated rings. The largest absolute Gasteiger partial charge is 0.324 e. The van der Waals surface area contributed by atoms with Crippen molar-refractivity contribution < 1.29 is 4.79 Å². The minimum Gasteiger partial charge on any atom is -0.322 e. The van der Waals surface area contributed by atoms with E-state index in [9.17, 15) is 4.79 Å². The first kappa shape index (κ1) is 19.2. The maximum Gasteiger partial charge on any atom is 0.324 e. The zero-order valence-electron chi connectivity index (χ0n) is 16.8. The Kier molecular flexibility index (Phi) is 5.92. The second kappa shape index (κ2) is 8.93. The Balaban J connectivity index is 1.48. The minimum atomic E-state index is 0.0619. The topological polar surface area (TPSA) is 26.8 Å². The summed E-state index contributed by atoms with van der Waals surface area (Å²) in [5.74, 6) is 0. The third-order valence-electron chi connectivity index (χ3n) is 5.61. The number of hydrogen-bond donors (Lipinski definition) is 0. The van der Waals surface area contributed by atoms with Crippen molar-refractivity contribution in [2.24, 2.45) is 0 Å². The average molecular weight is 386 g/mol. The zero-order chi connectivity index (χ0) is 20.1. The van der Waals surface area contributed by atoms with E-state index in [1.165, 1.54) is 11.1 Å². The molecule has 0 aliphatic carbocycles. The molecule has 3 aromatic carbocycles. The summed E-state index contributed by atoms with van der Waals surface area (Å²) in [5.41, 5.74) is 3.51. The van der Waals surface area contributed by atoms with E-state index in [1.807, 2.05) is 42.3 Å². The van der Waals surface area contributed by atoms with Gasteiger partial charge in [0.05, 0.1) is 6.04 Å². The molecule has 3 aromatic rings. The summed E-state index contributed by atoms with van der Waals surface area (Å²) in [6.07, 6.45) is 0. The second-order valence-corrected chi connectivity index (χ2v) is 7.42. The normalized spacial score (nSPS) is 14.8. The van der Waals surface area contributed by atoms with Crippen LogP contribution in [-0.4, -0.2) is 49.1 Å². The Morgan fingerprint density at radius 2 is 1.17 bits per heavy atom. The van der Waals surface area contributed by atoms with Crippen LogP contribution in [-0.2, 0) is 0 Å². The second-order valence-electron chi connectivity index (χ2n) is 7.42. The van der Waals surface area contributed by atoms with Gasteiger partial charge in [0, 0.05) is 38.9 Å². The first-order valence-electron chi connectivity index (χ1n) is 10.2. The molecule has 0 spiro atoms. The highest BCUT2D eigenvalue weighted by Gasteiger charge is 2.29. The van der Waals surface area contributed by atoms with Gasteiger partial charge in [0.15, 0.2) is 0 Å². The molecule has 0 saturated carbocycles. The highest BCUT2D eigenvalue weighted by atomic mass is 16.2. The quantitative estimate of drug-likeness (QED) is 0.654. The van der Waals surface area contributed by atoms with E-state index in [0.717, 1.165) is 31.9 Å². The molecule has 0 unspecified atom stereocenters. The molecule has 0 atom stereocenters. The number of anilines is 1.